The minimum absolute atomic E-state index is 0.0671. The van der Waals surface area contributed by atoms with E-state index < -0.39 is 28.6 Å². The Labute approximate surface area is 107 Å². The van der Waals surface area contributed by atoms with Gasteiger partial charge in [0.2, 0.25) is 0 Å². The lowest BCUT2D eigenvalue weighted by molar-refractivity contribution is 0.0170. The standard InChI is InChI=1S/C12H13BrF2O2/c1-12(2,17-3)6-9(16)10-8(14)5-4-7(13)11(10)15/h4-5H,6H2,1-3H3. The Hall–Kier alpha value is -0.810. The molecule has 0 spiro atoms. The van der Waals surface area contributed by atoms with Crippen LogP contribution in [0.5, 0.6) is 0 Å². The lowest BCUT2D eigenvalue weighted by Gasteiger charge is -2.22. The third kappa shape index (κ3) is 3.33. The summed E-state index contributed by atoms with van der Waals surface area (Å²) >= 11 is 2.92. The summed E-state index contributed by atoms with van der Waals surface area (Å²) in [6.45, 7) is 3.36. The van der Waals surface area contributed by atoms with E-state index in [0.717, 1.165) is 6.07 Å². The quantitative estimate of drug-likeness (QED) is 0.626. The topological polar surface area (TPSA) is 26.3 Å². The number of hydrogen-bond donors (Lipinski definition) is 0. The average molecular weight is 307 g/mol. The first-order chi connectivity index (χ1) is 7.78. The molecule has 0 atom stereocenters. The minimum atomic E-state index is -0.873. The van der Waals surface area contributed by atoms with E-state index in [4.69, 9.17) is 4.74 Å². The van der Waals surface area contributed by atoms with E-state index in [1.165, 1.54) is 13.2 Å². The van der Waals surface area contributed by atoms with E-state index in [1.807, 2.05) is 0 Å². The first kappa shape index (κ1) is 14.3. The van der Waals surface area contributed by atoms with E-state index in [-0.39, 0.29) is 10.9 Å². The van der Waals surface area contributed by atoms with Crippen LogP contribution in [0.15, 0.2) is 16.6 Å². The smallest absolute Gasteiger partial charge is 0.171 e. The predicted molar refractivity (Wildman–Crippen MR) is 64.1 cm³/mol. The molecule has 1 aromatic rings. The maximum absolute atomic E-state index is 13.6. The van der Waals surface area contributed by atoms with Crippen LogP contribution in [0.3, 0.4) is 0 Å². The maximum atomic E-state index is 13.6. The Morgan fingerprint density at radius 3 is 2.53 bits per heavy atom. The fourth-order valence-corrected chi connectivity index (χ4v) is 1.66. The summed E-state index contributed by atoms with van der Waals surface area (Å²) in [7, 11) is 1.45. The fourth-order valence-electron chi connectivity index (χ4n) is 1.33. The Balaban J connectivity index is 3.09. The van der Waals surface area contributed by atoms with Crippen molar-refractivity contribution in [3.8, 4) is 0 Å². The van der Waals surface area contributed by atoms with Gasteiger partial charge in [-0.3, -0.25) is 4.79 Å². The van der Waals surface area contributed by atoms with Crippen molar-refractivity contribution in [1.29, 1.82) is 0 Å². The van der Waals surface area contributed by atoms with Crippen molar-refractivity contribution in [2.75, 3.05) is 7.11 Å². The summed E-state index contributed by atoms with van der Waals surface area (Å²) in [5.41, 5.74) is -1.28. The van der Waals surface area contributed by atoms with Gasteiger partial charge in [-0.1, -0.05) is 0 Å². The van der Waals surface area contributed by atoms with Gasteiger partial charge in [0.1, 0.15) is 5.82 Å². The largest absolute Gasteiger partial charge is 0.378 e. The van der Waals surface area contributed by atoms with Crippen molar-refractivity contribution in [1.82, 2.24) is 0 Å². The second kappa shape index (κ2) is 5.23. The van der Waals surface area contributed by atoms with Gasteiger partial charge in [-0.2, -0.15) is 0 Å². The minimum Gasteiger partial charge on any atom is -0.378 e. The molecule has 1 aromatic carbocycles. The van der Waals surface area contributed by atoms with E-state index in [9.17, 15) is 13.6 Å². The summed E-state index contributed by atoms with van der Waals surface area (Å²) in [5, 5.41) is 0. The molecule has 0 radical (unpaired) electrons. The van der Waals surface area contributed by atoms with Crippen LogP contribution in [0.4, 0.5) is 8.78 Å². The predicted octanol–water partition coefficient (Wildman–Crippen LogP) is 3.73. The van der Waals surface area contributed by atoms with Crippen LogP contribution in [-0.4, -0.2) is 18.5 Å². The molecule has 0 aliphatic heterocycles. The molecule has 0 amide bonds. The molecule has 17 heavy (non-hydrogen) atoms. The lowest BCUT2D eigenvalue weighted by Crippen LogP contribution is -2.27. The van der Waals surface area contributed by atoms with Crippen molar-refractivity contribution in [3.05, 3.63) is 33.8 Å². The Morgan fingerprint density at radius 2 is 2.00 bits per heavy atom. The van der Waals surface area contributed by atoms with Crippen molar-refractivity contribution >= 4 is 21.7 Å². The van der Waals surface area contributed by atoms with Crippen LogP contribution in [0.25, 0.3) is 0 Å². The third-order valence-corrected chi connectivity index (χ3v) is 3.07. The highest BCUT2D eigenvalue weighted by Gasteiger charge is 2.26. The first-order valence-electron chi connectivity index (χ1n) is 5.00. The second-order valence-corrected chi connectivity index (χ2v) is 5.14. The molecule has 0 aromatic heterocycles. The number of benzene rings is 1. The zero-order valence-corrected chi connectivity index (χ0v) is 11.4. The molecule has 94 valence electrons. The maximum Gasteiger partial charge on any atom is 0.171 e. The Morgan fingerprint density at radius 1 is 1.41 bits per heavy atom. The summed E-state index contributed by atoms with van der Waals surface area (Å²) in [6.07, 6.45) is -0.0895. The molecule has 0 aliphatic carbocycles. The lowest BCUT2D eigenvalue weighted by atomic mass is 9.96. The van der Waals surface area contributed by atoms with Crippen LogP contribution in [0.1, 0.15) is 30.6 Å². The molecular weight excluding hydrogens is 294 g/mol. The molecule has 0 unspecified atom stereocenters. The number of carbonyl (C=O) groups is 1. The number of methoxy groups -OCH3 is 1. The van der Waals surface area contributed by atoms with Gasteiger partial charge in [-0.15, -0.1) is 0 Å². The highest BCUT2D eigenvalue weighted by Crippen LogP contribution is 2.25. The van der Waals surface area contributed by atoms with E-state index in [0.29, 0.717) is 0 Å². The zero-order chi connectivity index (χ0) is 13.2. The molecular formula is C12H13BrF2O2. The van der Waals surface area contributed by atoms with Crippen LogP contribution in [-0.2, 0) is 4.74 Å². The number of ketones is 1. The highest BCUT2D eigenvalue weighted by atomic mass is 79.9. The number of Topliss-reactive ketones (excluding diaryl/α,β-unsaturated/α-hetero) is 1. The van der Waals surface area contributed by atoms with Crippen molar-refractivity contribution in [2.45, 2.75) is 25.9 Å². The van der Waals surface area contributed by atoms with Gasteiger partial charge in [0.15, 0.2) is 11.6 Å². The van der Waals surface area contributed by atoms with Crippen LogP contribution in [0, 0.1) is 11.6 Å². The summed E-state index contributed by atoms with van der Waals surface area (Å²) in [4.78, 5) is 11.8. The Kier molecular flexibility index (Phi) is 4.38. The molecule has 0 aliphatic rings. The van der Waals surface area contributed by atoms with Crippen molar-refractivity contribution in [3.63, 3.8) is 0 Å². The van der Waals surface area contributed by atoms with Gasteiger partial charge in [0, 0.05) is 13.5 Å². The Bertz CT molecular complexity index is 444. The molecule has 1 rings (SSSR count). The normalized spacial score (nSPS) is 11.6. The second-order valence-electron chi connectivity index (χ2n) is 4.28. The van der Waals surface area contributed by atoms with Crippen LogP contribution >= 0.6 is 15.9 Å². The number of carbonyl (C=O) groups excluding carboxylic acids is 1. The van der Waals surface area contributed by atoms with Crippen LogP contribution < -0.4 is 0 Å². The van der Waals surface area contributed by atoms with Gasteiger partial charge >= 0.3 is 0 Å². The first-order valence-corrected chi connectivity index (χ1v) is 5.79. The number of halogens is 3. The molecule has 5 heteroatoms. The zero-order valence-electron chi connectivity index (χ0n) is 9.81. The summed E-state index contributed by atoms with van der Waals surface area (Å²) in [6, 6.07) is 2.28. The van der Waals surface area contributed by atoms with Crippen LogP contribution in [0.2, 0.25) is 0 Å². The van der Waals surface area contributed by atoms with Crippen molar-refractivity contribution in [2.24, 2.45) is 0 Å². The molecule has 0 N–H and O–H groups in total. The van der Waals surface area contributed by atoms with Gasteiger partial charge in [-0.25, -0.2) is 8.78 Å². The summed E-state index contributed by atoms with van der Waals surface area (Å²) < 4.78 is 32.2. The SMILES string of the molecule is COC(C)(C)CC(=O)c1c(F)ccc(Br)c1F. The number of rotatable bonds is 4. The van der Waals surface area contributed by atoms with Gasteiger partial charge in [0.05, 0.1) is 15.6 Å². The molecule has 0 saturated heterocycles. The highest BCUT2D eigenvalue weighted by molar-refractivity contribution is 9.10. The molecule has 2 nitrogen and oxygen atoms in total. The summed E-state index contributed by atoms with van der Waals surface area (Å²) in [5.74, 6) is -2.35. The monoisotopic (exact) mass is 306 g/mol. The third-order valence-electron chi connectivity index (χ3n) is 2.46. The fraction of sp³-hybridized carbons (Fsp3) is 0.417. The van der Waals surface area contributed by atoms with E-state index in [2.05, 4.69) is 15.9 Å². The van der Waals surface area contributed by atoms with Gasteiger partial charge in [0.25, 0.3) is 0 Å². The molecule has 0 fully saturated rings. The van der Waals surface area contributed by atoms with E-state index in [1.54, 1.807) is 13.8 Å². The molecule has 0 saturated carbocycles. The molecule has 0 bridgehead atoms. The van der Waals surface area contributed by atoms with Gasteiger partial charge < -0.3 is 4.74 Å². The number of ether oxygens (including phenoxy) is 1. The van der Waals surface area contributed by atoms with E-state index >= 15 is 0 Å². The number of hydrogen-bond acceptors (Lipinski definition) is 2. The van der Waals surface area contributed by atoms with Gasteiger partial charge in [-0.05, 0) is 41.9 Å². The molecule has 0 heterocycles. The average Bonchev–Trinajstić information content (AvgIpc) is 2.23. The van der Waals surface area contributed by atoms with Crippen molar-refractivity contribution < 1.29 is 18.3 Å².